The minimum absolute atomic E-state index is 0.00162. The largest absolute Gasteiger partial charge is 0.497 e. The molecule has 0 unspecified atom stereocenters. The topological polar surface area (TPSA) is 67.4 Å². The van der Waals surface area contributed by atoms with E-state index in [0.29, 0.717) is 26.7 Å². The number of carbonyl (C=O) groups is 2. The van der Waals surface area contributed by atoms with Gasteiger partial charge in [0.05, 0.1) is 17.7 Å². The first-order valence-electron chi connectivity index (χ1n) is 9.82. The molecular formula is C24H16ClF3N2O3S. The Bertz CT molecular complexity index is 1400. The molecule has 1 heterocycles. The molecule has 4 rings (SSSR count). The molecule has 0 aliphatic carbocycles. The molecule has 0 atom stereocenters. The highest BCUT2D eigenvalue weighted by Crippen LogP contribution is 2.37. The molecule has 1 aromatic heterocycles. The number of fused-ring (bicyclic) bond motifs is 1. The molecule has 0 saturated heterocycles. The molecule has 34 heavy (non-hydrogen) atoms. The summed E-state index contributed by atoms with van der Waals surface area (Å²) in [6.07, 6.45) is -4.52. The van der Waals surface area contributed by atoms with Crippen LogP contribution in [-0.2, 0) is 6.18 Å². The smallest absolute Gasteiger partial charge is 0.416 e. The Morgan fingerprint density at radius 1 is 0.912 bits per heavy atom. The maximum atomic E-state index is 12.9. The van der Waals surface area contributed by atoms with Crippen LogP contribution in [0.3, 0.4) is 0 Å². The fourth-order valence-electron chi connectivity index (χ4n) is 3.22. The van der Waals surface area contributed by atoms with Gasteiger partial charge < -0.3 is 15.4 Å². The van der Waals surface area contributed by atoms with Crippen LogP contribution in [0.25, 0.3) is 10.1 Å². The summed E-state index contributed by atoms with van der Waals surface area (Å²) in [7, 11) is 1.54. The van der Waals surface area contributed by atoms with Crippen molar-refractivity contribution in [3.8, 4) is 5.75 Å². The second kappa shape index (κ2) is 9.36. The van der Waals surface area contributed by atoms with Crippen molar-refractivity contribution in [2.24, 2.45) is 0 Å². The standard InChI is InChI=1S/C24H16ClF3N2O3S/c1-33-17-8-9-18-19(12-17)34-21(20(18)25)23(32)30-15-6-2-4-13(10-15)22(31)29-16-7-3-5-14(11-16)24(26,27)28/h2-12H,1H3,(H,29,31)(H,30,32). The van der Waals surface area contributed by atoms with Crippen LogP contribution in [0, 0.1) is 0 Å². The number of hydrogen-bond donors (Lipinski definition) is 2. The number of thiophene rings is 1. The van der Waals surface area contributed by atoms with Crippen LogP contribution in [0.5, 0.6) is 5.75 Å². The van der Waals surface area contributed by atoms with E-state index in [-0.39, 0.29) is 11.3 Å². The molecule has 0 bridgehead atoms. The van der Waals surface area contributed by atoms with E-state index in [2.05, 4.69) is 10.6 Å². The molecule has 0 spiro atoms. The number of ether oxygens (including phenoxy) is 1. The van der Waals surface area contributed by atoms with Crippen LogP contribution in [0.15, 0.2) is 66.7 Å². The van der Waals surface area contributed by atoms with Gasteiger partial charge in [-0.1, -0.05) is 23.7 Å². The Morgan fingerprint density at radius 2 is 1.59 bits per heavy atom. The van der Waals surface area contributed by atoms with Gasteiger partial charge in [-0.15, -0.1) is 11.3 Å². The summed E-state index contributed by atoms with van der Waals surface area (Å²) in [6.45, 7) is 0. The van der Waals surface area contributed by atoms with E-state index in [9.17, 15) is 22.8 Å². The first kappa shape index (κ1) is 23.6. The van der Waals surface area contributed by atoms with Crippen LogP contribution in [0.2, 0.25) is 5.02 Å². The van der Waals surface area contributed by atoms with Crippen LogP contribution in [0.1, 0.15) is 25.6 Å². The predicted molar refractivity (Wildman–Crippen MR) is 127 cm³/mol. The minimum Gasteiger partial charge on any atom is -0.497 e. The van der Waals surface area contributed by atoms with Crippen molar-refractivity contribution in [1.82, 2.24) is 0 Å². The lowest BCUT2D eigenvalue weighted by Gasteiger charge is -2.11. The number of alkyl halides is 3. The number of amides is 2. The second-order valence-electron chi connectivity index (χ2n) is 7.17. The number of benzene rings is 3. The summed E-state index contributed by atoms with van der Waals surface area (Å²) < 4.78 is 44.7. The van der Waals surface area contributed by atoms with Crippen LogP contribution in [0.4, 0.5) is 24.5 Å². The van der Waals surface area contributed by atoms with Gasteiger partial charge in [0.2, 0.25) is 0 Å². The molecule has 10 heteroatoms. The Labute approximate surface area is 201 Å². The van der Waals surface area contributed by atoms with E-state index in [1.807, 2.05) is 0 Å². The average Bonchev–Trinajstić information content (AvgIpc) is 3.14. The van der Waals surface area contributed by atoms with Gasteiger partial charge in [0.25, 0.3) is 11.8 Å². The highest BCUT2D eigenvalue weighted by molar-refractivity contribution is 7.21. The van der Waals surface area contributed by atoms with Crippen molar-refractivity contribution < 1.29 is 27.5 Å². The Kier molecular flexibility index (Phi) is 6.49. The number of halogens is 4. The van der Waals surface area contributed by atoms with Gasteiger partial charge >= 0.3 is 6.18 Å². The molecule has 5 nitrogen and oxygen atoms in total. The molecule has 0 aliphatic heterocycles. The van der Waals surface area contributed by atoms with Gasteiger partial charge in [0.1, 0.15) is 10.6 Å². The van der Waals surface area contributed by atoms with Crippen LogP contribution in [-0.4, -0.2) is 18.9 Å². The Hall–Kier alpha value is -3.56. The highest BCUT2D eigenvalue weighted by atomic mass is 35.5. The lowest BCUT2D eigenvalue weighted by atomic mass is 10.1. The lowest BCUT2D eigenvalue weighted by molar-refractivity contribution is -0.137. The number of hydrogen-bond acceptors (Lipinski definition) is 4. The molecule has 0 fully saturated rings. The summed E-state index contributed by atoms with van der Waals surface area (Å²) in [5.74, 6) is -0.445. The second-order valence-corrected chi connectivity index (χ2v) is 8.61. The number of nitrogens with one attached hydrogen (secondary N) is 2. The summed E-state index contributed by atoms with van der Waals surface area (Å²) in [6, 6.07) is 15.7. The average molecular weight is 505 g/mol. The van der Waals surface area contributed by atoms with Crippen molar-refractivity contribution in [2.45, 2.75) is 6.18 Å². The van der Waals surface area contributed by atoms with Crippen molar-refractivity contribution in [2.75, 3.05) is 17.7 Å². The molecule has 3 aromatic carbocycles. The number of methoxy groups -OCH3 is 1. The maximum Gasteiger partial charge on any atom is 0.416 e. The van der Waals surface area contributed by atoms with E-state index < -0.39 is 23.6 Å². The molecule has 0 aliphatic rings. The third-order valence-corrected chi connectivity index (χ3v) is 6.53. The Balaban J connectivity index is 1.52. The zero-order chi connectivity index (χ0) is 24.5. The number of carbonyl (C=O) groups excluding carboxylic acids is 2. The van der Waals surface area contributed by atoms with E-state index in [1.54, 1.807) is 37.4 Å². The van der Waals surface area contributed by atoms with Gasteiger partial charge in [-0.25, -0.2) is 0 Å². The van der Waals surface area contributed by atoms with Gasteiger partial charge in [-0.05, 0) is 54.6 Å². The number of rotatable bonds is 5. The molecule has 0 saturated carbocycles. The van der Waals surface area contributed by atoms with Crippen LogP contribution < -0.4 is 15.4 Å². The van der Waals surface area contributed by atoms with E-state index in [4.69, 9.17) is 16.3 Å². The fourth-order valence-corrected chi connectivity index (χ4v) is 4.66. The third-order valence-electron chi connectivity index (χ3n) is 4.87. The summed E-state index contributed by atoms with van der Waals surface area (Å²) in [5, 5.41) is 6.16. The zero-order valence-corrected chi connectivity index (χ0v) is 19.1. The molecule has 0 radical (unpaired) electrons. The zero-order valence-electron chi connectivity index (χ0n) is 17.5. The van der Waals surface area contributed by atoms with Crippen molar-refractivity contribution in [3.63, 3.8) is 0 Å². The van der Waals surface area contributed by atoms with Crippen molar-refractivity contribution in [3.05, 3.63) is 87.8 Å². The first-order chi connectivity index (χ1) is 16.2. The van der Waals surface area contributed by atoms with Gasteiger partial charge in [-0.2, -0.15) is 13.2 Å². The fraction of sp³-hybridized carbons (Fsp3) is 0.0833. The van der Waals surface area contributed by atoms with Crippen molar-refractivity contribution >= 4 is 56.2 Å². The monoisotopic (exact) mass is 504 g/mol. The lowest BCUT2D eigenvalue weighted by Crippen LogP contribution is -2.15. The van der Waals surface area contributed by atoms with Gasteiger partial charge in [0.15, 0.2) is 0 Å². The summed E-state index contributed by atoms with van der Waals surface area (Å²) >= 11 is 7.60. The maximum absolute atomic E-state index is 12.9. The highest BCUT2D eigenvalue weighted by Gasteiger charge is 2.30. The molecular weight excluding hydrogens is 489 g/mol. The minimum atomic E-state index is -4.52. The normalized spacial score (nSPS) is 11.3. The molecule has 2 N–H and O–H groups in total. The summed E-state index contributed by atoms with van der Waals surface area (Å²) in [4.78, 5) is 25.7. The third kappa shape index (κ3) is 5.00. The van der Waals surface area contributed by atoms with E-state index >= 15 is 0 Å². The molecule has 174 valence electrons. The summed E-state index contributed by atoms with van der Waals surface area (Å²) in [5.41, 5.74) is -0.388. The number of anilines is 2. The van der Waals surface area contributed by atoms with Gasteiger partial charge in [0, 0.05) is 27.0 Å². The van der Waals surface area contributed by atoms with Crippen LogP contribution >= 0.6 is 22.9 Å². The van der Waals surface area contributed by atoms with Crippen molar-refractivity contribution in [1.29, 1.82) is 0 Å². The Morgan fingerprint density at radius 3 is 2.29 bits per heavy atom. The van der Waals surface area contributed by atoms with E-state index in [1.165, 1.54) is 35.6 Å². The molecule has 4 aromatic rings. The van der Waals surface area contributed by atoms with Gasteiger partial charge in [-0.3, -0.25) is 9.59 Å². The quantitative estimate of drug-likeness (QED) is 0.305. The SMILES string of the molecule is COc1ccc2c(Cl)c(C(=O)Nc3cccc(C(=O)Nc4cccc(C(F)(F)F)c4)c3)sc2c1. The predicted octanol–water partition coefficient (Wildman–Crippen LogP) is 7.09. The van der Waals surface area contributed by atoms with E-state index in [0.717, 1.165) is 16.8 Å². The first-order valence-corrected chi connectivity index (χ1v) is 11.0. The molecule has 2 amide bonds.